The van der Waals surface area contributed by atoms with E-state index in [4.69, 9.17) is 16.3 Å². The van der Waals surface area contributed by atoms with Crippen LogP contribution in [0.5, 0.6) is 5.75 Å². The quantitative estimate of drug-likeness (QED) is 0.764. The molecule has 1 amide bonds. The van der Waals surface area contributed by atoms with E-state index in [1.54, 1.807) is 11.0 Å². The number of hydrogen-bond donors (Lipinski definition) is 0. The van der Waals surface area contributed by atoms with Crippen LogP contribution in [0.25, 0.3) is 0 Å². The van der Waals surface area contributed by atoms with Gasteiger partial charge < -0.3 is 4.74 Å². The number of halogens is 1. The molecule has 0 aliphatic carbocycles. The molecule has 1 fully saturated rings. The number of methoxy groups -OCH3 is 1. The van der Waals surface area contributed by atoms with Gasteiger partial charge in [0.1, 0.15) is 0 Å². The summed E-state index contributed by atoms with van der Waals surface area (Å²) in [6.45, 7) is 0.658. The van der Waals surface area contributed by atoms with Crippen LogP contribution in [-0.4, -0.2) is 29.8 Å². The molecule has 0 bridgehead atoms. The third kappa shape index (κ3) is 1.87. The topological polar surface area (TPSA) is 55.3 Å². The lowest BCUT2D eigenvalue weighted by Crippen LogP contribution is -2.25. The summed E-state index contributed by atoms with van der Waals surface area (Å²) >= 11 is 5.68. The van der Waals surface area contributed by atoms with Gasteiger partial charge in [-0.1, -0.05) is 11.6 Å². The summed E-state index contributed by atoms with van der Waals surface area (Å²) in [6.07, 6.45) is 1.39. The zero-order chi connectivity index (χ0) is 10.8. The Morgan fingerprint density at radius 1 is 1.53 bits per heavy atom. The van der Waals surface area contributed by atoms with Gasteiger partial charge >= 0.3 is 0 Å². The molecule has 5 nitrogen and oxygen atoms in total. The van der Waals surface area contributed by atoms with Crippen LogP contribution in [0.4, 0.5) is 5.82 Å². The van der Waals surface area contributed by atoms with Gasteiger partial charge in [-0.2, -0.15) is 0 Å². The van der Waals surface area contributed by atoms with Crippen molar-refractivity contribution in [3.05, 3.63) is 11.2 Å². The average Bonchev–Trinajstić information content (AvgIpc) is 2.64. The van der Waals surface area contributed by atoms with Crippen molar-refractivity contribution in [2.24, 2.45) is 0 Å². The molecule has 0 N–H and O–H groups in total. The molecule has 80 valence electrons. The fourth-order valence-corrected chi connectivity index (χ4v) is 1.69. The number of carbonyl (C=O) groups excluding carboxylic acids is 1. The van der Waals surface area contributed by atoms with Gasteiger partial charge in [0.05, 0.1) is 7.11 Å². The van der Waals surface area contributed by atoms with Gasteiger partial charge in [0.15, 0.2) is 16.7 Å². The summed E-state index contributed by atoms with van der Waals surface area (Å²) < 4.78 is 5.11. The van der Waals surface area contributed by atoms with E-state index in [2.05, 4.69) is 10.2 Å². The highest BCUT2D eigenvalue weighted by Gasteiger charge is 2.26. The normalized spacial score (nSPS) is 15.9. The van der Waals surface area contributed by atoms with E-state index in [1.807, 2.05) is 0 Å². The molecule has 0 spiro atoms. The first-order valence-electron chi connectivity index (χ1n) is 4.60. The molecule has 6 heteroatoms. The first-order chi connectivity index (χ1) is 7.22. The summed E-state index contributed by atoms with van der Waals surface area (Å²) in [5.74, 6) is 0.972. The fourth-order valence-electron chi connectivity index (χ4n) is 1.56. The molecular weight excluding hydrogens is 218 g/mol. The van der Waals surface area contributed by atoms with Crippen molar-refractivity contribution in [1.82, 2.24) is 10.2 Å². The second kappa shape index (κ2) is 4.02. The molecule has 0 unspecified atom stereocenters. The van der Waals surface area contributed by atoms with Gasteiger partial charge in [-0.15, -0.1) is 10.2 Å². The zero-order valence-electron chi connectivity index (χ0n) is 8.23. The Morgan fingerprint density at radius 3 is 2.93 bits per heavy atom. The largest absolute Gasteiger partial charge is 0.493 e. The number of aromatic nitrogens is 2. The second-order valence-electron chi connectivity index (χ2n) is 3.21. The zero-order valence-corrected chi connectivity index (χ0v) is 8.99. The summed E-state index contributed by atoms with van der Waals surface area (Å²) in [5.41, 5.74) is 0. The van der Waals surface area contributed by atoms with E-state index in [-0.39, 0.29) is 11.1 Å². The minimum Gasteiger partial charge on any atom is -0.493 e. The van der Waals surface area contributed by atoms with E-state index in [0.717, 1.165) is 6.42 Å². The summed E-state index contributed by atoms with van der Waals surface area (Å²) in [6, 6.07) is 1.55. The fraction of sp³-hybridized carbons (Fsp3) is 0.444. The lowest BCUT2D eigenvalue weighted by molar-refractivity contribution is -0.117. The number of amides is 1. The van der Waals surface area contributed by atoms with Crippen LogP contribution < -0.4 is 9.64 Å². The van der Waals surface area contributed by atoms with Crippen molar-refractivity contribution >= 4 is 23.3 Å². The number of ether oxygens (including phenoxy) is 1. The molecule has 1 aromatic rings. The Bertz CT molecular complexity index is 397. The molecule has 0 aromatic carbocycles. The highest BCUT2D eigenvalue weighted by Crippen LogP contribution is 2.29. The van der Waals surface area contributed by atoms with Crippen molar-refractivity contribution in [2.75, 3.05) is 18.6 Å². The lowest BCUT2D eigenvalue weighted by Gasteiger charge is -2.16. The number of hydrogen-bond acceptors (Lipinski definition) is 4. The van der Waals surface area contributed by atoms with Crippen LogP contribution in [0.2, 0.25) is 5.15 Å². The van der Waals surface area contributed by atoms with Crippen molar-refractivity contribution in [3.8, 4) is 5.75 Å². The van der Waals surface area contributed by atoms with Crippen LogP contribution in [-0.2, 0) is 4.79 Å². The van der Waals surface area contributed by atoms with E-state index in [0.29, 0.717) is 24.5 Å². The Kier molecular flexibility index (Phi) is 2.73. The molecule has 1 aliphatic heterocycles. The molecule has 1 aromatic heterocycles. The molecule has 0 radical (unpaired) electrons. The number of rotatable bonds is 2. The molecule has 2 heterocycles. The number of anilines is 1. The minimum atomic E-state index is 0.0462. The van der Waals surface area contributed by atoms with Crippen LogP contribution in [0.3, 0.4) is 0 Å². The molecule has 0 atom stereocenters. The Balaban J connectivity index is 2.38. The number of nitrogens with zero attached hydrogens (tertiary/aromatic N) is 3. The van der Waals surface area contributed by atoms with Gasteiger partial charge in [-0.25, -0.2) is 0 Å². The predicted molar refractivity (Wildman–Crippen MR) is 55.2 cm³/mol. The molecule has 0 saturated carbocycles. The Morgan fingerprint density at radius 2 is 2.33 bits per heavy atom. The second-order valence-corrected chi connectivity index (χ2v) is 3.60. The molecular formula is C9H10ClN3O2. The van der Waals surface area contributed by atoms with Gasteiger partial charge in [-0.05, 0) is 6.42 Å². The van der Waals surface area contributed by atoms with E-state index in [9.17, 15) is 4.79 Å². The summed E-state index contributed by atoms with van der Waals surface area (Å²) in [5, 5.41) is 7.84. The third-order valence-electron chi connectivity index (χ3n) is 2.26. The first kappa shape index (κ1) is 10.2. The number of carbonyl (C=O) groups is 1. The smallest absolute Gasteiger partial charge is 0.228 e. The molecule has 2 rings (SSSR count). The van der Waals surface area contributed by atoms with Crippen molar-refractivity contribution in [2.45, 2.75) is 12.8 Å². The van der Waals surface area contributed by atoms with Crippen LogP contribution in [0.1, 0.15) is 12.8 Å². The average molecular weight is 228 g/mol. The van der Waals surface area contributed by atoms with E-state index in [1.165, 1.54) is 7.11 Å². The van der Waals surface area contributed by atoms with Crippen molar-refractivity contribution in [3.63, 3.8) is 0 Å². The third-order valence-corrected chi connectivity index (χ3v) is 2.44. The highest BCUT2D eigenvalue weighted by atomic mass is 35.5. The standard InChI is InChI=1S/C9H10ClN3O2/c1-15-6-5-7(10)11-12-9(6)13-4-2-3-8(13)14/h5H,2-4H2,1H3. The maximum Gasteiger partial charge on any atom is 0.228 e. The van der Waals surface area contributed by atoms with E-state index < -0.39 is 0 Å². The minimum absolute atomic E-state index is 0.0462. The van der Waals surface area contributed by atoms with Crippen LogP contribution in [0.15, 0.2) is 6.07 Å². The predicted octanol–water partition coefficient (Wildman–Crippen LogP) is 1.27. The van der Waals surface area contributed by atoms with Gasteiger partial charge in [0, 0.05) is 19.0 Å². The van der Waals surface area contributed by atoms with Gasteiger partial charge in [-0.3, -0.25) is 9.69 Å². The summed E-state index contributed by atoms with van der Waals surface area (Å²) in [7, 11) is 1.51. The highest BCUT2D eigenvalue weighted by molar-refractivity contribution is 6.29. The summed E-state index contributed by atoms with van der Waals surface area (Å²) in [4.78, 5) is 13.1. The SMILES string of the molecule is COc1cc(Cl)nnc1N1CCCC1=O. The maximum atomic E-state index is 11.5. The monoisotopic (exact) mass is 227 g/mol. The molecule has 15 heavy (non-hydrogen) atoms. The molecule has 1 saturated heterocycles. The van der Waals surface area contributed by atoms with Gasteiger partial charge in [0.2, 0.25) is 5.91 Å². The Labute approximate surface area is 92.0 Å². The van der Waals surface area contributed by atoms with Crippen molar-refractivity contribution in [1.29, 1.82) is 0 Å². The van der Waals surface area contributed by atoms with Crippen LogP contribution in [0, 0.1) is 0 Å². The van der Waals surface area contributed by atoms with E-state index >= 15 is 0 Å². The van der Waals surface area contributed by atoms with Crippen molar-refractivity contribution < 1.29 is 9.53 Å². The Hall–Kier alpha value is -1.36. The lowest BCUT2D eigenvalue weighted by atomic mass is 10.4. The van der Waals surface area contributed by atoms with Crippen LogP contribution >= 0.6 is 11.6 Å². The molecule has 1 aliphatic rings. The first-order valence-corrected chi connectivity index (χ1v) is 4.98. The van der Waals surface area contributed by atoms with Gasteiger partial charge in [0.25, 0.3) is 0 Å². The maximum absolute atomic E-state index is 11.5.